The maximum atomic E-state index is 12.9. The summed E-state index contributed by atoms with van der Waals surface area (Å²) in [5.41, 5.74) is 1.13. The molecule has 0 bridgehead atoms. The molecule has 1 aliphatic heterocycles. The van der Waals surface area contributed by atoms with Gasteiger partial charge in [-0.05, 0) is 37.1 Å². The molecule has 2 aromatic carbocycles. The third kappa shape index (κ3) is 6.70. The molecule has 1 saturated heterocycles. The first-order valence-corrected chi connectivity index (χ1v) is 13.2. The Morgan fingerprint density at radius 1 is 1.06 bits per heavy atom. The van der Waals surface area contributed by atoms with Gasteiger partial charge in [0.25, 0.3) is 5.91 Å². The van der Waals surface area contributed by atoms with Crippen molar-refractivity contribution in [1.29, 1.82) is 0 Å². The SMILES string of the molecule is COCCNC(=O)c1ccccc1NC(=O)C1CCN(S(=O)(=O)Cc2c(Cl)cccc2Cl)CC1. The van der Waals surface area contributed by atoms with Crippen LogP contribution in [-0.2, 0) is 25.3 Å². The molecule has 34 heavy (non-hydrogen) atoms. The Kier molecular flexibility index (Phi) is 9.32. The first-order valence-electron chi connectivity index (χ1n) is 10.8. The Morgan fingerprint density at radius 2 is 1.71 bits per heavy atom. The molecule has 2 N–H and O–H groups in total. The number of ether oxygens (including phenoxy) is 1. The van der Waals surface area contributed by atoms with Crippen LogP contribution in [0.15, 0.2) is 42.5 Å². The highest BCUT2D eigenvalue weighted by Gasteiger charge is 2.32. The summed E-state index contributed by atoms with van der Waals surface area (Å²) in [5, 5.41) is 6.16. The van der Waals surface area contributed by atoms with Crippen LogP contribution in [0.3, 0.4) is 0 Å². The zero-order valence-electron chi connectivity index (χ0n) is 18.7. The number of benzene rings is 2. The monoisotopic (exact) mass is 527 g/mol. The summed E-state index contributed by atoms with van der Waals surface area (Å²) < 4.78 is 32.1. The number of carbonyl (C=O) groups is 2. The lowest BCUT2D eigenvalue weighted by atomic mass is 9.97. The molecular weight excluding hydrogens is 501 g/mol. The number of rotatable bonds is 9. The Hall–Kier alpha value is -2.17. The van der Waals surface area contributed by atoms with Crippen LogP contribution >= 0.6 is 23.2 Å². The highest BCUT2D eigenvalue weighted by Crippen LogP contribution is 2.29. The summed E-state index contributed by atoms with van der Waals surface area (Å²) in [6, 6.07) is 11.6. The van der Waals surface area contributed by atoms with Crippen LogP contribution in [0.4, 0.5) is 5.69 Å². The van der Waals surface area contributed by atoms with Crippen molar-refractivity contribution in [1.82, 2.24) is 9.62 Å². The van der Waals surface area contributed by atoms with E-state index < -0.39 is 10.0 Å². The van der Waals surface area contributed by atoms with Gasteiger partial charge in [-0.3, -0.25) is 9.59 Å². The van der Waals surface area contributed by atoms with Crippen LogP contribution in [0.5, 0.6) is 0 Å². The molecule has 1 fully saturated rings. The molecule has 0 atom stereocenters. The number of hydrogen-bond donors (Lipinski definition) is 2. The van der Waals surface area contributed by atoms with Crippen molar-refractivity contribution in [2.75, 3.05) is 38.7 Å². The quantitative estimate of drug-likeness (QED) is 0.485. The molecule has 0 spiro atoms. The molecule has 8 nitrogen and oxygen atoms in total. The molecule has 1 aliphatic rings. The van der Waals surface area contributed by atoms with Crippen LogP contribution < -0.4 is 10.6 Å². The molecule has 2 aromatic rings. The molecule has 0 unspecified atom stereocenters. The van der Waals surface area contributed by atoms with Gasteiger partial charge in [-0.2, -0.15) is 0 Å². The standard InChI is InChI=1S/C23H27Cl2N3O5S/c1-33-14-11-26-23(30)17-5-2-3-8-21(17)27-22(29)16-9-12-28(13-10-16)34(31,32)15-18-19(24)6-4-7-20(18)25/h2-8,16H,9-15H2,1H3,(H,26,30)(H,27,29). The largest absolute Gasteiger partial charge is 0.383 e. The molecule has 184 valence electrons. The third-order valence-corrected chi connectivity index (χ3v) is 8.14. The van der Waals surface area contributed by atoms with E-state index in [9.17, 15) is 18.0 Å². The summed E-state index contributed by atoms with van der Waals surface area (Å²) in [7, 11) is -2.10. The topological polar surface area (TPSA) is 105 Å². The minimum absolute atomic E-state index is 0.210. The van der Waals surface area contributed by atoms with Gasteiger partial charge in [0, 0.05) is 48.3 Å². The van der Waals surface area contributed by atoms with Crippen molar-refractivity contribution in [3.63, 3.8) is 0 Å². The lowest BCUT2D eigenvalue weighted by molar-refractivity contribution is -0.120. The fraction of sp³-hybridized carbons (Fsp3) is 0.391. The highest BCUT2D eigenvalue weighted by atomic mass is 35.5. The van der Waals surface area contributed by atoms with Crippen molar-refractivity contribution < 1.29 is 22.7 Å². The zero-order valence-corrected chi connectivity index (χ0v) is 21.0. The molecule has 2 amide bonds. The number of para-hydroxylation sites is 1. The second kappa shape index (κ2) is 12.0. The van der Waals surface area contributed by atoms with E-state index in [4.69, 9.17) is 27.9 Å². The van der Waals surface area contributed by atoms with E-state index in [0.717, 1.165) is 0 Å². The fourth-order valence-electron chi connectivity index (χ4n) is 3.73. The van der Waals surface area contributed by atoms with Crippen molar-refractivity contribution >= 4 is 50.7 Å². The average molecular weight is 528 g/mol. The lowest BCUT2D eigenvalue weighted by Crippen LogP contribution is -2.42. The Morgan fingerprint density at radius 3 is 2.35 bits per heavy atom. The van der Waals surface area contributed by atoms with E-state index in [2.05, 4.69) is 10.6 Å². The molecular formula is C23H27Cl2N3O5S. The molecule has 3 rings (SSSR count). The molecule has 1 heterocycles. The zero-order chi connectivity index (χ0) is 24.7. The summed E-state index contributed by atoms with van der Waals surface area (Å²) in [5.74, 6) is -1.23. The number of piperidine rings is 1. The number of anilines is 1. The third-order valence-electron chi connectivity index (χ3n) is 5.63. The first kappa shape index (κ1) is 26.4. The normalized spacial score (nSPS) is 15.1. The predicted molar refractivity (Wildman–Crippen MR) is 133 cm³/mol. The van der Waals surface area contributed by atoms with E-state index in [0.29, 0.717) is 52.9 Å². The van der Waals surface area contributed by atoms with E-state index >= 15 is 0 Å². The number of carbonyl (C=O) groups excluding carboxylic acids is 2. The number of amides is 2. The van der Waals surface area contributed by atoms with Gasteiger partial charge in [-0.15, -0.1) is 0 Å². The van der Waals surface area contributed by atoms with Crippen LogP contribution in [-0.4, -0.2) is 57.9 Å². The van der Waals surface area contributed by atoms with Crippen LogP contribution in [0.25, 0.3) is 0 Å². The number of methoxy groups -OCH3 is 1. The first-order chi connectivity index (χ1) is 16.2. The van der Waals surface area contributed by atoms with Gasteiger partial charge < -0.3 is 15.4 Å². The van der Waals surface area contributed by atoms with E-state index in [1.165, 1.54) is 4.31 Å². The minimum atomic E-state index is -3.65. The highest BCUT2D eigenvalue weighted by molar-refractivity contribution is 7.88. The molecule has 0 aromatic heterocycles. The number of hydrogen-bond acceptors (Lipinski definition) is 5. The van der Waals surface area contributed by atoms with Gasteiger partial charge in [0.2, 0.25) is 15.9 Å². The van der Waals surface area contributed by atoms with Gasteiger partial charge >= 0.3 is 0 Å². The van der Waals surface area contributed by atoms with Crippen molar-refractivity contribution in [2.24, 2.45) is 5.92 Å². The van der Waals surface area contributed by atoms with Gasteiger partial charge in [-0.1, -0.05) is 41.4 Å². The fourth-order valence-corrected chi connectivity index (χ4v) is 6.04. The summed E-state index contributed by atoms with van der Waals surface area (Å²) >= 11 is 12.3. The van der Waals surface area contributed by atoms with Crippen LogP contribution in [0.1, 0.15) is 28.8 Å². The van der Waals surface area contributed by atoms with Crippen LogP contribution in [0, 0.1) is 5.92 Å². The lowest BCUT2D eigenvalue weighted by Gasteiger charge is -2.31. The van der Waals surface area contributed by atoms with Crippen molar-refractivity contribution in [3.05, 3.63) is 63.6 Å². The number of nitrogens with one attached hydrogen (secondary N) is 2. The molecule has 11 heteroatoms. The number of sulfonamides is 1. The summed E-state index contributed by atoms with van der Waals surface area (Å²) in [6.45, 7) is 1.15. The maximum Gasteiger partial charge on any atom is 0.253 e. The van der Waals surface area contributed by atoms with Gasteiger partial charge in [0.05, 0.1) is 23.6 Å². The Labute approximate surface area is 209 Å². The number of halogens is 2. The summed E-state index contributed by atoms with van der Waals surface area (Å²) in [4.78, 5) is 25.3. The van der Waals surface area contributed by atoms with Crippen molar-refractivity contribution in [3.8, 4) is 0 Å². The van der Waals surface area contributed by atoms with E-state index in [1.54, 1.807) is 49.6 Å². The molecule has 0 aliphatic carbocycles. The smallest absolute Gasteiger partial charge is 0.253 e. The van der Waals surface area contributed by atoms with Gasteiger partial charge in [0.1, 0.15) is 0 Å². The minimum Gasteiger partial charge on any atom is -0.383 e. The maximum absolute atomic E-state index is 12.9. The summed E-state index contributed by atoms with van der Waals surface area (Å²) in [6.07, 6.45) is 0.729. The number of nitrogens with zero attached hydrogens (tertiary/aromatic N) is 1. The van der Waals surface area contributed by atoms with Gasteiger partial charge in [-0.25, -0.2) is 12.7 Å². The average Bonchev–Trinajstić information content (AvgIpc) is 2.82. The van der Waals surface area contributed by atoms with Crippen molar-refractivity contribution in [2.45, 2.75) is 18.6 Å². The predicted octanol–water partition coefficient (Wildman–Crippen LogP) is 3.55. The van der Waals surface area contributed by atoms with Crippen LogP contribution in [0.2, 0.25) is 10.0 Å². The van der Waals surface area contributed by atoms with E-state index in [-0.39, 0.29) is 36.6 Å². The second-order valence-electron chi connectivity index (χ2n) is 7.91. The van der Waals surface area contributed by atoms with E-state index in [1.807, 2.05) is 0 Å². The van der Waals surface area contributed by atoms with Gasteiger partial charge in [0.15, 0.2) is 0 Å². The molecule has 0 saturated carbocycles. The Bertz CT molecular complexity index is 1110. The Balaban J connectivity index is 1.60. The second-order valence-corrected chi connectivity index (χ2v) is 10.7. The molecule has 0 radical (unpaired) electrons.